The molecule has 0 aliphatic rings. The Kier molecular flexibility index (Phi) is 7.30. The number of hydrogen-bond donors (Lipinski definition) is 3. The zero-order valence-corrected chi connectivity index (χ0v) is 24.5. The third kappa shape index (κ3) is 5.28. The molecule has 5 nitrogen and oxygen atoms in total. The second-order valence-corrected chi connectivity index (χ2v) is 11.3. The molecule has 0 fully saturated rings. The van der Waals surface area contributed by atoms with Crippen molar-refractivity contribution in [2.24, 2.45) is 0 Å². The van der Waals surface area contributed by atoms with Crippen LogP contribution in [0, 0.1) is 6.92 Å². The number of aryl methyl sites for hydroxylation is 1. The maximum atomic E-state index is 4.71. The lowest BCUT2D eigenvalue weighted by Gasteiger charge is -2.11. The molecule has 4 aromatic heterocycles. The Morgan fingerprint density at radius 3 is 2.50 bits per heavy atom. The highest BCUT2D eigenvalue weighted by atomic mass is 32.1. The number of thiophene rings is 1. The van der Waals surface area contributed by atoms with Crippen LogP contribution in [0.1, 0.15) is 33.5 Å². The maximum absolute atomic E-state index is 4.71. The number of H-pyrrole nitrogens is 2. The summed E-state index contributed by atoms with van der Waals surface area (Å²) in [5, 5.41) is 12.3. The standard InChI is InChI=1S/C36H31N5S/c1-6-10-29(35-16-15-34(42-35)22(2)3)30-19-33(39-24(30)5)36-31-18-26(13-14-32(31)40-41-36)27-17-28(21-37-20-27)38-23(4)25-11-8-7-9-12-25/h6-21,38-39H,1-2,4H2,3,5H3,(H,40,41)/b29-10+. The first-order valence-electron chi connectivity index (χ1n) is 13.7. The van der Waals surface area contributed by atoms with Crippen molar-refractivity contribution in [1.82, 2.24) is 20.2 Å². The Bertz CT molecular complexity index is 1980. The zero-order chi connectivity index (χ0) is 29.2. The van der Waals surface area contributed by atoms with Gasteiger partial charge in [0.1, 0.15) is 5.69 Å². The molecule has 0 saturated carbocycles. The number of nitrogens with one attached hydrogen (secondary N) is 3. The van der Waals surface area contributed by atoms with Crippen molar-refractivity contribution in [2.45, 2.75) is 13.8 Å². The SMILES string of the molecule is C=C/C=C(/c1ccc(C(=C)C)s1)c1cc(-c2n[nH]c3ccc(-c4cncc(NC(=C)c5ccccc5)c4)cc23)[nH]c1C. The molecule has 6 rings (SSSR count). The third-order valence-electron chi connectivity index (χ3n) is 7.19. The van der Waals surface area contributed by atoms with E-state index in [1.54, 1.807) is 11.3 Å². The second-order valence-electron chi connectivity index (χ2n) is 10.2. The molecular formula is C36H31N5S. The minimum atomic E-state index is 0.823. The molecule has 42 heavy (non-hydrogen) atoms. The average Bonchev–Trinajstić information content (AvgIpc) is 3.75. The minimum Gasteiger partial charge on any atom is -0.357 e. The highest BCUT2D eigenvalue weighted by Crippen LogP contribution is 2.37. The molecule has 206 valence electrons. The molecule has 6 aromatic rings. The van der Waals surface area contributed by atoms with Gasteiger partial charge in [0.15, 0.2) is 0 Å². The molecule has 0 saturated heterocycles. The number of nitrogens with zero attached hydrogens (tertiary/aromatic N) is 2. The van der Waals surface area contributed by atoms with E-state index in [2.05, 4.69) is 95.6 Å². The van der Waals surface area contributed by atoms with Crippen LogP contribution in [0.15, 0.2) is 117 Å². The van der Waals surface area contributed by atoms with Crippen LogP contribution in [0.25, 0.3) is 50.3 Å². The van der Waals surface area contributed by atoms with Crippen molar-refractivity contribution >= 4 is 44.8 Å². The third-order valence-corrected chi connectivity index (χ3v) is 8.47. The fourth-order valence-electron chi connectivity index (χ4n) is 5.05. The zero-order valence-electron chi connectivity index (χ0n) is 23.7. The molecule has 0 atom stereocenters. The van der Waals surface area contributed by atoms with Gasteiger partial charge in [-0.05, 0) is 66.9 Å². The lowest BCUT2D eigenvalue weighted by atomic mass is 10.0. The minimum absolute atomic E-state index is 0.823. The highest BCUT2D eigenvalue weighted by molar-refractivity contribution is 7.14. The van der Waals surface area contributed by atoms with Crippen molar-refractivity contribution in [3.05, 3.63) is 144 Å². The van der Waals surface area contributed by atoms with E-state index < -0.39 is 0 Å². The molecule has 0 amide bonds. The second kappa shape index (κ2) is 11.4. The first-order valence-corrected chi connectivity index (χ1v) is 14.5. The van der Waals surface area contributed by atoms with E-state index in [9.17, 15) is 0 Å². The van der Waals surface area contributed by atoms with Gasteiger partial charge >= 0.3 is 0 Å². The molecule has 0 radical (unpaired) electrons. The summed E-state index contributed by atoms with van der Waals surface area (Å²) in [5.41, 5.74) is 11.9. The van der Waals surface area contributed by atoms with E-state index in [-0.39, 0.29) is 0 Å². The fraction of sp³-hybridized carbons (Fsp3) is 0.0556. The van der Waals surface area contributed by atoms with Crippen LogP contribution < -0.4 is 5.32 Å². The smallest absolute Gasteiger partial charge is 0.116 e. The maximum Gasteiger partial charge on any atom is 0.116 e. The van der Waals surface area contributed by atoms with Crippen molar-refractivity contribution in [3.63, 3.8) is 0 Å². The largest absolute Gasteiger partial charge is 0.357 e. The summed E-state index contributed by atoms with van der Waals surface area (Å²) in [7, 11) is 0. The van der Waals surface area contributed by atoms with Crippen molar-refractivity contribution < 1.29 is 0 Å². The van der Waals surface area contributed by atoms with Gasteiger partial charge in [-0.3, -0.25) is 10.1 Å². The van der Waals surface area contributed by atoms with Crippen LogP contribution in [-0.4, -0.2) is 20.2 Å². The predicted molar refractivity (Wildman–Crippen MR) is 179 cm³/mol. The summed E-state index contributed by atoms with van der Waals surface area (Å²) in [6.45, 7) is 16.4. The Hall–Kier alpha value is -5.20. The van der Waals surface area contributed by atoms with Crippen molar-refractivity contribution in [1.29, 1.82) is 0 Å². The predicted octanol–water partition coefficient (Wildman–Crippen LogP) is 9.72. The van der Waals surface area contributed by atoms with Gasteiger partial charge in [0.25, 0.3) is 0 Å². The van der Waals surface area contributed by atoms with Gasteiger partial charge in [-0.2, -0.15) is 5.10 Å². The molecule has 0 bridgehead atoms. The molecule has 0 spiro atoms. The Labute approximate surface area is 249 Å². The summed E-state index contributed by atoms with van der Waals surface area (Å²) in [5.74, 6) is 0. The van der Waals surface area contributed by atoms with E-state index in [4.69, 9.17) is 5.10 Å². The van der Waals surface area contributed by atoms with Gasteiger partial charge in [0, 0.05) is 49.4 Å². The molecule has 0 aliphatic heterocycles. The number of aromatic nitrogens is 4. The summed E-state index contributed by atoms with van der Waals surface area (Å²) in [4.78, 5) is 10.4. The van der Waals surface area contributed by atoms with Crippen LogP contribution in [-0.2, 0) is 0 Å². The molecular weight excluding hydrogens is 534 g/mol. The Morgan fingerprint density at radius 1 is 0.929 bits per heavy atom. The first-order chi connectivity index (χ1) is 20.4. The number of anilines is 1. The van der Waals surface area contributed by atoms with Gasteiger partial charge in [-0.15, -0.1) is 11.3 Å². The van der Waals surface area contributed by atoms with Crippen LogP contribution >= 0.6 is 11.3 Å². The molecule has 0 unspecified atom stereocenters. The number of pyridine rings is 1. The monoisotopic (exact) mass is 565 g/mol. The lowest BCUT2D eigenvalue weighted by Crippen LogP contribution is -1.98. The summed E-state index contributed by atoms with van der Waals surface area (Å²) >= 11 is 1.74. The Balaban J connectivity index is 1.34. The van der Waals surface area contributed by atoms with E-state index in [0.717, 1.165) is 72.8 Å². The molecule has 3 N–H and O–H groups in total. The number of hydrogen-bond acceptors (Lipinski definition) is 4. The quantitative estimate of drug-likeness (QED) is 0.153. The highest BCUT2D eigenvalue weighted by Gasteiger charge is 2.17. The molecule has 4 heterocycles. The lowest BCUT2D eigenvalue weighted by molar-refractivity contribution is 1.11. The number of benzene rings is 2. The summed E-state index contributed by atoms with van der Waals surface area (Å²) in [6.07, 6.45) is 7.59. The molecule has 6 heteroatoms. The van der Waals surface area contributed by atoms with Crippen LogP contribution in [0.4, 0.5) is 5.69 Å². The molecule has 0 aliphatic carbocycles. The van der Waals surface area contributed by atoms with Gasteiger partial charge in [0.2, 0.25) is 0 Å². The van der Waals surface area contributed by atoms with Crippen LogP contribution in [0.2, 0.25) is 0 Å². The molecule has 2 aromatic carbocycles. The fourth-order valence-corrected chi connectivity index (χ4v) is 6.02. The topological polar surface area (TPSA) is 69.4 Å². The normalized spacial score (nSPS) is 11.5. The van der Waals surface area contributed by atoms with E-state index in [1.807, 2.05) is 55.7 Å². The van der Waals surface area contributed by atoms with Crippen molar-refractivity contribution in [2.75, 3.05) is 5.32 Å². The van der Waals surface area contributed by atoms with Gasteiger partial charge in [0.05, 0.1) is 23.1 Å². The van der Waals surface area contributed by atoms with Crippen molar-refractivity contribution in [3.8, 4) is 22.5 Å². The van der Waals surface area contributed by atoms with Gasteiger partial charge in [-0.25, -0.2) is 0 Å². The average molecular weight is 566 g/mol. The number of aromatic amines is 2. The summed E-state index contributed by atoms with van der Waals surface area (Å²) in [6, 6.07) is 24.9. The van der Waals surface area contributed by atoms with Crippen LogP contribution in [0.3, 0.4) is 0 Å². The van der Waals surface area contributed by atoms with E-state index in [0.29, 0.717) is 0 Å². The number of fused-ring (bicyclic) bond motifs is 1. The first kappa shape index (κ1) is 27.0. The Morgan fingerprint density at radius 2 is 1.74 bits per heavy atom. The van der Waals surface area contributed by atoms with Crippen LogP contribution in [0.5, 0.6) is 0 Å². The number of rotatable bonds is 9. The summed E-state index contributed by atoms with van der Waals surface area (Å²) < 4.78 is 0. The van der Waals surface area contributed by atoms with Gasteiger partial charge < -0.3 is 10.3 Å². The van der Waals surface area contributed by atoms with Gasteiger partial charge in [-0.1, -0.05) is 68.3 Å². The van der Waals surface area contributed by atoms with E-state index >= 15 is 0 Å². The van der Waals surface area contributed by atoms with E-state index in [1.165, 1.54) is 9.75 Å². The number of allylic oxidation sites excluding steroid dienone is 3.